The summed E-state index contributed by atoms with van der Waals surface area (Å²) in [5, 5.41) is 4.83. The van der Waals surface area contributed by atoms with Gasteiger partial charge in [0.1, 0.15) is 0 Å². The maximum Gasteiger partial charge on any atom is 0.271 e. The Labute approximate surface area is 170 Å². The molecule has 0 saturated carbocycles. The van der Waals surface area contributed by atoms with Crippen LogP contribution in [0.5, 0.6) is 0 Å². The van der Waals surface area contributed by atoms with Crippen molar-refractivity contribution in [2.24, 2.45) is 5.10 Å². The Morgan fingerprint density at radius 3 is 2.57 bits per heavy atom. The maximum absolute atomic E-state index is 12.4. The summed E-state index contributed by atoms with van der Waals surface area (Å²) >= 11 is 6.12. The molecule has 3 rings (SSSR count). The molecule has 2 aromatic carbocycles. The van der Waals surface area contributed by atoms with E-state index in [-0.39, 0.29) is 5.91 Å². The van der Waals surface area contributed by atoms with Gasteiger partial charge in [-0.25, -0.2) is 5.43 Å². The normalized spacial score (nSPS) is 11.0. The number of nitrogens with one attached hydrogen (secondary N) is 1. The minimum atomic E-state index is -0.247. The summed E-state index contributed by atoms with van der Waals surface area (Å²) in [4.78, 5) is 14.3. The second-order valence-corrected chi connectivity index (χ2v) is 7.22. The third kappa shape index (κ3) is 4.26. The van der Waals surface area contributed by atoms with Crippen LogP contribution in [0.3, 0.4) is 0 Å². The van der Waals surface area contributed by atoms with Crippen LogP contribution in [0.2, 0.25) is 5.02 Å². The van der Waals surface area contributed by atoms with Gasteiger partial charge in [0.25, 0.3) is 5.91 Å². The van der Waals surface area contributed by atoms with Crippen molar-refractivity contribution >= 4 is 29.4 Å². The van der Waals surface area contributed by atoms with Crippen LogP contribution in [-0.2, 0) is 0 Å². The Hall–Kier alpha value is -3.05. The SMILES string of the molecule is Cc1cc(/C=N\NC(=O)c2cccc(N(C)C)c2)c(C)n1-c1cccc(Cl)c1. The van der Waals surface area contributed by atoms with Crippen LogP contribution in [0, 0.1) is 13.8 Å². The van der Waals surface area contributed by atoms with Gasteiger partial charge in [-0.05, 0) is 56.3 Å². The number of carbonyl (C=O) groups excluding carboxylic acids is 1. The zero-order valence-corrected chi connectivity index (χ0v) is 17.2. The molecule has 1 heterocycles. The number of carbonyl (C=O) groups is 1. The number of amides is 1. The molecule has 1 aromatic heterocycles. The summed E-state index contributed by atoms with van der Waals surface area (Å²) in [7, 11) is 3.87. The van der Waals surface area contributed by atoms with E-state index in [0.29, 0.717) is 10.6 Å². The van der Waals surface area contributed by atoms with Gasteiger partial charge in [0.2, 0.25) is 0 Å². The molecular formula is C22H23ClN4O. The number of aryl methyl sites for hydroxylation is 1. The number of anilines is 1. The highest BCUT2D eigenvalue weighted by Gasteiger charge is 2.10. The summed E-state index contributed by atoms with van der Waals surface area (Å²) in [6, 6.07) is 17.1. The Kier molecular flexibility index (Phi) is 5.85. The Balaban J connectivity index is 1.77. The molecule has 0 atom stereocenters. The fourth-order valence-corrected chi connectivity index (χ4v) is 3.27. The first-order valence-electron chi connectivity index (χ1n) is 8.92. The first kappa shape index (κ1) is 19.7. The number of benzene rings is 2. The van der Waals surface area contributed by atoms with Crippen molar-refractivity contribution in [1.82, 2.24) is 9.99 Å². The fraction of sp³-hybridized carbons (Fsp3) is 0.182. The molecule has 6 heteroatoms. The lowest BCUT2D eigenvalue weighted by atomic mass is 10.2. The molecule has 0 bridgehead atoms. The molecule has 5 nitrogen and oxygen atoms in total. The number of hydrogen-bond acceptors (Lipinski definition) is 3. The highest BCUT2D eigenvalue weighted by molar-refractivity contribution is 6.30. The third-order valence-corrected chi connectivity index (χ3v) is 4.77. The number of hydrogen-bond donors (Lipinski definition) is 1. The maximum atomic E-state index is 12.4. The second kappa shape index (κ2) is 8.31. The zero-order chi connectivity index (χ0) is 20.3. The number of hydrazone groups is 1. The Bertz CT molecular complexity index is 1040. The topological polar surface area (TPSA) is 49.6 Å². The number of rotatable bonds is 5. The van der Waals surface area contributed by atoms with Crippen LogP contribution in [0.4, 0.5) is 5.69 Å². The first-order chi connectivity index (χ1) is 13.4. The van der Waals surface area contributed by atoms with Crippen LogP contribution in [-0.4, -0.2) is 30.8 Å². The zero-order valence-electron chi connectivity index (χ0n) is 16.4. The van der Waals surface area contributed by atoms with Gasteiger partial charge < -0.3 is 9.47 Å². The predicted octanol–water partition coefficient (Wildman–Crippen LogP) is 4.58. The van der Waals surface area contributed by atoms with E-state index in [1.165, 1.54) is 0 Å². The van der Waals surface area contributed by atoms with Crippen molar-refractivity contribution in [3.05, 3.63) is 82.1 Å². The van der Waals surface area contributed by atoms with E-state index in [1.807, 2.05) is 81.4 Å². The summed E-state index contributed by atoms with van der Waals surface area (Å²) in [5.41, 5.74) is 8.13. The van der Waals surface area contributed by atoms with E-state index in [9.17, 15) is 4.79 Å². The standard InChI is InChI=1S/C22H23ClN4O/c1-15-11-18(16(2)27(15)21-10-6-8-19(23)13-21)14-24-25-22(28)17-7-5-9-20(12-17)26(3)4/h5-14H,1-4H3,(H,25,28)/b24-14-. The van der Waals surface area contributed by atoms with Crippen LogP contribution >= 0.6 is 11.6 Å². The van der Waals surface area contributed by atoms with Gasteiger partial charge in [0.05, 0.1) is 6.21 Å². The molecule has 0 unspecified atom stereocenters. The highest BCUT2D eigenvalue weighted by Crippen LogP contribution is 2.22. The molecule has 0 saturated heterocycles. The van der Waals surface area contributed by atoms with Gasteiger partial charge in [-0.3, -0.25) is 4.79 Å². The molecule has 3 aromatic rings. The molecule has 0 aliphatic carbocycles. The number of halogens is 1. The van der Waals surface area contributed by atoms with Gasteiger partial charge in [-0.15, -0.1) is 0 Å². The monoisotopic (exact) mass is 394 g/mol. The molecule has 28 heavy (non-hydrogen) atoms. The van der Waals surface area contributed by atoms with Crippen LogP contribution in [0.1, 0.15) is 27.3 Å². The average molecular weight is 395 g/mol. The van der Waals surface area contributed by atoms with Crippen molar-refractivity contribution < 1.29 is 4.79 Å². The van der Waals surface area contributed by atoms with E-state index >= 15 is 0 Å². The molecule has 1 amide bonds. The molecule has 0 aliphatic rings. The van der Waals surface area contributed by atoms with Crippen LogP contribution in [0.15, 0.2) is 59.7 Å². The summed E-state index contributed by atoms with van der Waals surface area (Å²) in [5.74, 6) is -0.247. The third-order valence-electron chi connectivity index (χ3n) is 4.53. The van der Waals surface area contributed by atoms with Gasteiger partial charge in [0.15, 0.2) is 0 Å². The van der Waals surface area contributed by atoms with Gasteiger partial charge >= 0.3 is 0 Å². The predicted molar refractivity (Wildman–Crippen MR) is 116 cm³/mol. The van der Waals surface area contributed by atoms with Crippen LogP contribution < -0.4 is 10.3 Å². The highest BCUT2D eigenvalue weighted by atomic mass is 35.5. The van der Waals surface area contributed by atoms with Crippen molar-refractivity contribution in [3.8, 4) is 5.69 Å². The van der Waals surface area contributed by atoms with Crippen LogP contribution in [0.25, 0.3) is 5.69 Å². The second-order valence-electron chi connectivity index (χ2n) is 6.79. The summed E-state index contributed by atoms with van der Waals surface area (Å²) in [6.07, 6.45) is 1.66. The lowest BCUT2D eigenvalue weighted by Gasteiger charge is -2.12. The first-order valence-corrected chi connectivity index (χ1v) is 9.30. The summed E-state index contributed by atoms with van der Waals surface area (Å²) in [6.45, 7) is 4.04. The molecule has 144 valence electrons. The van der Waals surface area contributed by atoms with E-state index in [0.717, 1.165) is 28.3 Å². The Morgan fingerprint density at radius 2 is 1.86 bits per heavy atom. The van der Waals surface area contributed by atoms with Gasteiger partial charge in [-0.1, -0.05) is 23.7 Å². The molecular weight excluding hydrogens is 372 g/mol. The van der Waals surface area contributed by atoms with E-state index < -0.39 is 0 Å². The van der Waals surface area contributed by atoms with E-state index in [1.54, 1.807) is 12.3 Å². The molecule has 0 aliphatic heterocycles. The molecule has 0 spiro atoms. The lowest BCUT2D eigenvalue weighted by molar-refractivity contribution is 0.0955. The minimum Gasteiger partial charge on any atom is -0.378 e. The van der Waals surface area contributed by atoms with E-state index in [4.69, 9.17) is 11.6 Å². The van der Waals surface area contributed by atoms with Crippen molar-refractivity contribution in [3.63, 3.8) is 0 Å². The fourth-order valence-electron chi connectivity index (χ4n) is 3.08. The molecule has 0 radical (unpaired) electrons. The molecule has 1 N–H and O–H groups in total. The van der Waals surface area contributed by atoms with Crippen molar-refractivity contribution in [1.29, 1.82) is 0 Å². The van der Waals surface area contributed by atoms with Crippen molar-refractivity contribution in [2.45, 2.75) is 13.8 Å². The smallest absolute Gasteiger partial charge is 0.271 e. The van der Waals surface area contributed by atoms with Crippen molar-refractivity contribution in [2.75, 3.05) is 19.0 Å². The lowest BCUT2D eigenvalue weighted by Crippen LogP contribution is -2.18. The molecule has 0 fully saturated rings. The Morgan fingerprint density at radius 1 is 1.11 bits per heavy atom. The number of aromatic nitrogens is 1. The van der Waals surface area contributed by atoms with Gasteiger partial charge in [0, 0.05) is 53.0 Å². The largest absolute Gasteiger partial charge is 0.378 e. The van der Waals surface area contributed by atoms with Gasteiger partial charge in [-0.2, -0.15) is 5.10 Å². The number of nitrogens with zero attached hydrogens (tertiary/aromatic N) is 3. The summed E-state index contributed by atoms with van der Waals surface area (Å²) < 4.78 is 2.11. The average Bonchev–Trinajstić information content (AvgIpc) is 2.95. The minimum absolute atomic E-state index is 0.247. The van der Waals surface area contributed by atoms with E-state index in [2.05, 4.69) is 15.1 Å². The quantitative estimate of drug-likeness (QED) is 0.508.